The third kappa shape index (κ3) is 1.69. The largest absolute Gasteiger partial charge is 0.396 e. The summed E-state index contributed by atoms with van der Waals surface area (Å²) in [5.41, 5.74) is 2.16. The molecule has 1 aromatic rings. The Labute approximate surface area is 80.8 Å². The molecule has 2 N–H and O–H groups in total. The lowest BCUT2D eigenvalue weighted by atomic mass is 10.1. The zero-order chi connectivity index (χ0) is 9.97. The van der Waals surface area contributed by atoms with Gasteiger partial charge in [0.1, 0.15) is 0 Å². The molecule has 2 rings (SSSR count). The Morgan fingerprint density at radius 3 is 3.21 bits per heavy atom. The molecule has 0 spiro atoms. The number of fused-ring (bicyclic) bond motifs is 1. The molecule has 1 aliphatic heterocycles. The molecule has 0 aliphatic carbocycles. The van der Waals surface area contributed by atoms with Gasteiger partial charge in [0.25, 0.3) is 0 Å². The van der Waals surface area contributed by atoms with Crippen molar-refractivity contribution in [2.24, 2.45) is 0 Å². The zero-order valence-corrected chi connectivity index (χ0v) is 7.75. The van der Waals surface area contributed by atoms with Crippen molar-refractivity contribution in [1.82, 2.24) is 9.97 Å². The smallest absolute Gasteiger partial charge is 0.345 e. The number of aliphatic hydroxyl groups is 1. The summed E-state index contributed by atoms with van der Waals surface area (Å²) in [5.74, 6) is 0. The standard InChI is InChI=1S/C9H12N2O3/c12-3-1-7-6-5-14-4-2-8(6)11-9(13)10-7/h12H,1-5H2,(H,10,11,13). The molecule has 0 saturated carbocycles. The summed E-state index contributed by atoms with van der Waals surface area (Å²) in [6.07, 6.45) is 1.13. The second kappa shape index (κ2) is 3.89. The van der Waals surface area contributed by atoms with Crippen molar-refractivity contribution in [1.29, 1.82) is 0 Å². The van der Waals surface area contributed by atoms with Crippen LogP contribution in [0.15, 0.2) is 4.79 Å². The number of aromatic amines is 1. The van der Waals surface area contributed by atoms with Gasteiger partial charge in [-0.15, -0.1) is 0 Å². The highest BCUT2D eigenvalue weighted by molar-refractivity contribution is 5.25. The van der Waals surface area contributed by atoms with Crippen LogP contribution in [-0.2, 0) is 24.2 Å². The first kappa shape index (κ1) is 9.36. The predicted molar refractivity (Wildman–Crippen MR) is 49.0 cm³/mol. The zero-order valence-electron chi connectivity index (χ0n) is 7.75. The number of H-pyrrole nitrogens is 1. The molecule has 1 aromatic heterocycles. The minimum absolute atomic E-state index is 0.00287. The van der Waals surface area contributed by atoms with Crippen LogP contribution >= 0.6 is 0 Å². The minimum Gasteiger partial charge on any atom is -0.396 e. The average Bonchev–Trinajstić information content (AvgIpc) is 2.18. The fraction of sp³-hybridized carbons (Fsp3) is 0.556. The first-order valence-electron chi connectivity index (χ1n) is 4.61. The third-order valence-corrected chi connectivity index (χ3v) is 2.30. The first-order valence-corrected chi connectivity index (χ1v) is 4.61. The molecule has 2 heterocycles. The Bertz CT molecular complexity index is 386. The molecular weight excluding hydrogens is 184 g/mol. The van der Waals surface area contributed by atoms with Crippen molar-refractivity contribution in [2.75, 3.05) is 13.2 Å². The lowest BCUT2D eigenvalue weighted by Gasteiger charge is -2.17. The molecule has 5 heteroatoms. The second-order valence-corrected chi connectivity index (χ2v) is 3.22. The van der Waals surface area contributed by atoms with Gasteiger partial charge in [0, 0.05) is 30.7 Å². The van der Waals surface area contributed by atoms with Crippen LogP contribution in [0, 0.1) is 0 Å². The summed E-state index contributed by atoms with van der Waals surface area (Å²) in [6, 6.07) is 0. The van der Waals surface area contributed by atoms with Crippen molar-refractivity contribution in [3.63, 3.8) is 0 Å². The van der Waals surface area contributed by atoms with Gasteiger partial charge in [-0.3, -0.25) is 0 Å². The Hall–Kier alpha value is -1.20. The van der Waals surface area contributed by atoms with Crippen molar-refractivity contribution in [3.05, 3.63) is 27.4 Å². The number of ether oxygens (including phenoxy) is 1. The highest BCUT2D eigenvalue weighted by Crippen LogP contribution is 2.15. The summed E-state index contributed by atoms with van der Waals surface area (Å²) >= 11 is 0. The van der Waals surface area contributed by atoms with Gasteiger partial charge < -0.3 is 14.8 Å². The van der Waals surface area contributed by atoms with Gasteiger partial charge in [-0.25, -0.2) is 4.79 Å². The van der Waals surface area contributed by atoms with E-state index < -0.39 is 0 Å². The topological polar surface area (TPSA) is 75.2 Å². The normalized spacial score (nSPS) is 15.2. The molecule has 0 saturated heterocycles. The highest BCUT2D eigenvalue weighted by Gasteiger charge is 2.15. The molecule has 1 aliphatic rings. The van der Waals surface area contributed by atoms with Crippen LogP contribution < -0.4 is 5.69 Å². The van der Waals surface area contributed by atoms with Gasteiger partial charge in [0.2, 0.25) is 0 Å². The first-order chi connectivity index (χ1) is 6.81. The number of nitrogens with one attached hydrogen (secondary N) is 1. The van der Waals surface area contributed by atoms with Gasteiger partial charge in [-0.05, 0) is 0 Å². The van der Waals surface area contributed by atoms with E-state index in [-0.39, 0.29) is 12.3 Å². The molecule has 76 valence electrons. The van der Waals surface area contributed by atoms with Crippen LogP contribution in [0.4, 0.5) is 0 Å². The van der Waals surface area contributed by atoms with Crippen LogP contribution in [0.3, 0.4) is 0 Å². The van der Waals surface area contributed by atoms with Gasteiger partial charge in [0.05, 0.1) is 18.9 Å². The second-order valence-electron chi connectivity index (χ2n) is 3.22. The maximum Gasteiger partial charge on any atom is 0.345 e. The van der Waals surface area contributed by atoms with E-state index >= 15 is 0 Å². The molecule has 0 atom stereocenters. The van der Waals surface area contributed by atoms with E-state index in [4.69, 9.17) is 9.84 Å². The summed E-state index contributed by atoms with van der Waals surface area (Å²) in [4.78, 5) is 17.7. The Morgan fingerprint density at radius 2 is 2.43 bits per heavy atom. The molecule has 5 nitrogen and oxygen atoms in total. The lowest BCUT2D eigenvalue weighted by molar-refractivity contribution is 0.107. The van der Waals surface area contributed by atoms with E-state index in [1.54, 1.807) is 0 Å². The molecule has 0 unspecified atom stereocenters. The molecule has 0 radical (unpaired) electrons. The van der Waals surface area contributed by atoms with Gasteiger partial charge in [-0.1, -0.05) is 0 Å². The van der Waals surface area contributed by atoms with Crippen molar-refractivity contribution < 1.29 is 9.84 Å². The fourth-order valence-corrected chi connectivity index (χ4v) is 1.64. The van der Waals surface area contributed by atoms with Crippen LogP contribution in [-0.4, -0.2) is 28.3 Å². The van der Waals surface area contributed by atoms with Gasteiger partial charge >= 0.3 is 5.69 Å². The Morgan fingerprint density at radius 1 is 1.57 bits per heavy atom. The fourth-order valence-electron chi connectivity index (χ4n) is 1.64. The van der Waals surface area contributed by atoms with E-state index in [0.29, 0.717) is 31.7 Å². The summed E-state index contributed by atoms with van der Waals surface area (Å²) in [7, 11) is 0. The van der Waals surface area contributed by atoms with Crippen LogP contribution in [0.1, 0.15) is 17.0 Å². The van der Waals surface area contributed by atoms with E-state index in [1.165, 1.54) is 0 Å². The van der Waals surface area contributed by atoms with Crippen LogP contribution in [0.25, 0.3) is 0 Å². The molecular formula is C9H12N2O3. The summed E-state index contributed by atoms with van der Waals surface area (Å²) < 4.78 is 5.28. The van der Waals surface area contributed by atoms with Crippen molar-refractivity contribution >= 4 is 0 Å². The number of rotatable bonds is 2. The van der Waals surface area contributed by atoms with Crippen LogP contribution in [0.2, 0.25) is 0 Å². The van der Waals surface area contributed by atoms with E-state index in [9.17, 15) is 4.79 Å². The molecule has 14 heavy (non-hydrogen) atoms. The molecule has 0 bridgehead atoms. The lowest BCUT2D eigenvalue weighted by Crippen LogP contribution is -2.24. The SMILES string of the molecule is O=c1nc(CCO)c2c([nH]1)CCOC2. The van der Waals surface area contributed by atoms with Gasteiger partial charge in [0.15, 0.2) is 0 Å². The van der Waals surface area contributed by atoms with Crippen molar-refractivity contribution in [3.8, 4) is 0 Å². The maximum absolute atomic E-state index is 11.1. The number of hydrogen-bond donors (Lipinski definition) is 2. The average molecular weight is 196 g/mol. The maximum atomic E-state index is 11.1. The van der Waals surface area contributed by atoms with Crippen molar-refractivity contribution in [2.45, 2.75) is 19.4 Å². The monoisotopic (exact) mass is 196 g/mol. The van der Waals surface area contributed by atoms with E-state index in [2.05, 4.69) is 9.97 Å². The minimum atomic E-state index is -0.339. The Kier molecular flexibility index (Phi) is 2.60. The third-order valence-electron chi connectivity index (χ3n) is 2.30. The van der Waals surface area contributed by atoms with E-state index in [1.807, 2.05) is 0 Å². The molecule has 0 fully saturated rings. The van der Waals surface area contributed by atoms with Crippen LogP contribution in [0.5, 0.6) is 0 Å². The number of aliphatic hydroxyl groups excluding tert-OH is 1. The van der Waals surface area contributed by atoms with E-state index in [0.717, 1.165) is 11.3 Å². The predicted octanol–water partition coefficient (Wildman–Crippen LogP) is -0.623. The Balaban J connectivity index is 2.47. The number of hydrogen-bond acceptors (Lipinski definition) is 4. The number of aromatic nitrogens is 2. The molecule has 0 aromatic carbocycles. The number of nitrogens with zero attached hydrogens (tertiary/aromatic N) is 1. The highest BCUT2D eigenvalue weighted by atomic mass is 16.5. The molecule has 0 amide bonds. The summed E-state index contributed by atoms with van der Waals surface area (Å²) in [5, 5.41) is 8.82. The summed E-state index contributed by atoms with van der Waals surface area (Å²) in [6.45, 7) is 1.11. The quantitative estimate of drug-likeness (QED) is 0.661. The van der Waals surface area contributed by atoms with Gasteiger partial charge in [-0.2, -0.15) is 4.98 Å².